The molecule has 1 aromatic heterocycles. The van der Waals surface area contributed by atoms with Crippen molar-refractivity contribution in [1.29, 1.82) is 0 Å². The van der Waals surface area contributed by atoms with Crippen LogP contribution in [-0.4, -0.2) is 50.5 Å². The highest BCUT2D eigenvalue weighted by Crippen LogP contribution is 2.19. The third-order valence-electron chi connectivity index (χ3n) is 2.82. The first-order valence-electron chi connectivity index (χ1n) is 6.80. The van der Waals surface area contributed by atoms with Gasteiger partial charge in [0.25, 0.3) is 0 Å². The Morgan fingerprint density at radius 2 is 2.20 bits per heavy atom. The molecular weight excluding hydrogens is 272 g/mol. The molecule has 0 radical (unpaired) electrons. The summed E-state index contributed by atoms with van der Waals surface area (Å²) in [6.07, 6.45) is 0. The molecule has 6 heteroatoms. The number of hydrogen-bond donors (Lipinski definition) is 2. The van der Waals surface area contributed by atoms with Crippen LogP contribution in [0.1, 0.15) is 24.6 Å². The summed E-state index contributed by atoms with van der Waals surface area (Å²) in [5, 5.41) is 8.51. The Balaban J connectivity index is 2.50. The van der Waals surface area contributed by atoms with Gasteiger partial charge in [0.1, 0.15) is 6.54 Å². The Bertz CT molecular complexity index is 428. The first-order valence-corrected chi connectivity index (χ1v) is 7.68. The predicted molar refractivity (Wildman–Crippen MR) is 85.4 cm³/mol. The summed E-state index contributed by atoms with van der Waals surface area (Å²) in [6, 6.07) is 4.20. The molecule has 1 rings (SSSR count). The lowest BCUT2D eigenvalue weighted by atomic mass is 10.1. The highest BCUT2D eigenvalue weighted by molar-refractivity contribution is 7.10. The number of nitrogens with one attached hydrogen (secondary N) is 2. The van der Waals surface area contributed by atoms with E-state index in [9.17, 15) is 4.79 Å². The van der Waals surface area contributed by atoms with Gasteiger partial charge in [-0.05, 0) is 18.4 Å². The number of amides is 1. The lowest BCUT2D eigenvalue weighted by molar-refractivity contribution is -0.127. The standard InChI is InChI=1S/C14H24N4OS/c1-5-15-14(17-10-13(19)18(3)4)16-9-11(2)12-7-6-8-20-12/h6-8,11H,5,9-10H2,1-4H3,(H2,15,16,17). The molecule has 20 heavy (non-hydrogen) atoms. The maximum absolute atomic E-state index is 11.5. The molecule has 5 nitrogen and oxygen atoms in total. The molecule has 1 heterocycles. The third kappa shape index (κ3) is 5.61. The van der Waals surface area contributed by atoms with Gasteiger partial charge in [-0.2, -0.15) is 0 Å². The van der Waals surface area contributed by atoms with Crippen LogP contribution in [0.2, 0.25) is 0 Å². The van der Waals surface area contributed by atoms with Crippen molar-refractivity contribution in [3.8, 4) is 0 Å². The minimum atomic E-state index is -0.00601. The fraction of sp³-hybridized carbons (Fsp3) is 0.571. The minimum Gasteiger partial charge on any atom is -0.357 e. The van der Waals surface area contributed by atoms with E-state index in [1.165, 1.54) is 4.88 Å². The van der Waals surface area contributed by atoms with E-state index in [4.69, 9.17) is 0 Å². The van der Waals surface area contributed by atoms with Gasteiger partial charge in [-0.15, -0.1) is 11.3 Å². The molecule has 2 N–H and O–H groups in total. The molecule has 1 amide bonds. The van der Waals surface area contributed by atoms with Crippen molar-refractivity contribution < 1.29 is 4.79 Å². The molecule has 0 aliphatic carbocycles. The fourth-order valence-electron chi connectivity index (χ4n) is 1.55. The first kappa shape index (κ1) is 16.5. The number of nitrogens with zero attached hydrogens (tertiary/aromatic N) is 2. The summed E-state index contributed by atoms with van der Waals surface area (Å²) in [6.45, 7) is 5.91. The van der Waals surface area contributed by atoms with Gasteiger partial charge in [-0.1, -0.05) is 13.0 Å². The molecule has 1 atom stereocenters. The normalized spacial score (nSPS) is 12.9. The van der Waals surface area contributed by atoms with Crippen molar-refractivity contribution in [2.75, 3.05) is 33.7 Å². The van der Waals surface area contributed by atoms with Crippen LogP contribution in [0, 0.1) is 0 Å². The van der Waals surface area contributed by atoms with Crippen LogP contribution in [-0.2, 0) is 4.79 Å². The molecule has 0 bridgehead atoms. The van der Waals surface area contributed by atoms with Gasteiger partial charge in [0.05, 0.1) is 0 Å². The maximum Gasteiger partial charge on any atom is 0.243 e. The van der Waals surface area contributed by atoms with E-state index < -0.39 is 0 Å². The summed E-state index contributed by atoms with van der Waals surface area (Å²) < 4.78 is 0. The zero-order valence-electron chi connectivity index (χ0n) is 12.6. The van der Waals surface area contributed by atoms with Crippen molar-refractivity contribution in [2.24, 2.45) is 4.99 Å². The molecule has 0 aromatic carbocycles. The SMILES string of the molecule is CCNC(=NCC(=O)N(C)C)NCC(C)c1cccs1. The average Bonchev–Trinajstić information content (AvgIpc) is 2.95. The van der Waals surface area contributed by atoms with Crippen LogP contribution in [0.25, 0.3) is 0 Å². The molecule has 0 fully saturated rings. The maximum atomic E-state index is 11.5. The Morgan fingerprint density at radius 3 is 2.75 bits per heavy atom. The lowest BCUT2D eigenvalue weighted by Crippen LogP contribution is -2.40. The number of carbonyl (C=O) groups excluding carboxylic acids is 1. The minimum absolute atomic E-state index is 0.00601. The average molecular weight is 296 g/mol. The van der Waals surface area contributed by atoms with Gasteiger partial charge in [0.15, 0.2) is 5.96 Å². The molecule has 0 saturated carbocycles. The van der Waals surface area contributed by atoms with Crippen LogP contribution in [0.5, 0.6) is 0 Å². The molecule has 0 saturated heterocycles. The predicted octanol–water partition coefficient (Wildman–Crippen LogP) is 1.49. The second kappa shape index (κ2) is 8.58. The van der Waals surface area contributed by atoms with Crippen LogP contribution >= 0.6 is 11.3 Å². The van der Waals surface area contributed by atoms with E-state index in [2.05, 4.69) is 40.1 Å². The summed E-state index contributed by atoms with van der Waals surface area (Å²) in [7, 11) is 3.47. The van der Waals surface area contributed by atoms with E-state index in [-0.39, 0.29) is 12.5 Å². The number of carbonyl (C=O) groups is 1. The molecule has 0 aliphatic rings. The molecule has 0 aliphatic heterocycles. The monoisotopic (exact) mass is 296 g/mol. The van der Waals surface area contributed by atoms with Crippen LogP contribution in [0.3, 0.4) is 0 Å². The van der Waals surface area contributed by atoms with Crippen LogP contribution in [0.15, 0.2) is 22.5 Å². The van der Waals surface area contributed by atoms with Gasteiger partial charge < -0.3 is 15.5 Å². The zero-order valence-corrected chi connectivity index (χ0v) is 13.5. The number of rotatable bonds is 6. The van der Waals surface area contributed by atoms with Crippen molar-refractivity contribution >= 4 is 23.2 Å². The van der Waals surface area contributed by atoms with Crippen molar-refractivity contribution in [1.82, 2.24) is 15.5 Å². The summed E-state index contributed by atoms with van der Waals surface area (Å²) in [5.41, 5.74) is 0. The molecule has 1 unspecified atom stereocenters. The largest absolute Gasteiger partial charge is 0.357 e. The van der Waals surface area contributed by atoms with Crippen LogP contribution in [0.4, 0.5) is 0 Å². The van der Waals surface area contributed by atoms with Gasteiger partial charge in [0, 0.05) is 38.0 Å². The summed E-state index contributed by atoms with van der Waals surface area (Å²) in [5.74, 6) is 1.10. The number of guanidine groups is 1. The van der Waals surface area contributed by atoms with E-state index in [0.29, 0.717) is 11.9 Å². The molecular formula is C14H24N4OS. The summed E-state index contributed by atoms with van der Waals surface area (Å²) in [4.78, 5) is 18.7. The fourth-order valence-corrected chi connectivity index (χ4v) is 2.34. The van der Waals surface area contributed by atoms with Gasteiger partial charge in [-0.3, -0.25) is 4.79 Å². The second-order valence-corrected chi connectivity index (χ2v) is 5.76. The quantitative estimate of drug-likeness (QED) is 0.618. The van der Waals surface area contributed by atoms with Crippen LogP contribution < -0.4 is 10.6 Å². The smallest absolute Gasteiger partial charge is 0.243 e. The number of thiophene rings is 1. The first-order chi connectivity index (χ1) is 9.54. The topological polar surface area (TPSA) is 56.7 Å². The molecule has 0 spiro atoms. The highest BCUT2D eigenvalue weighted by Gasteiger charge is 2.08. The van der Waals surface area contributed by atoms with Gasteiger partial charge in [0.2, 0.25) is 5.91 Å². The summed E-state index contributed by atoms with van der Waals surface area (Å²) >= 11 is 1.76. The van der Waals surface area contributed by atoms with Crippen molar-refractivity contribution in [3.05, 3.63) is 22.4 Å². The van der Waals surface area contributed by atoms with E-state index in [0.717, 1.165) is 13.1 Å². The lowest BCUT2D eigenvalue weighted by Gasteiger charge is -2.15. The Morgan fingerprint density at radius 1 is 1.45 bits per heavy atom. The van der Waals surface area contributed by atoms with Crippen molar-refractivity contribution in [3.63, 3.8) is 0 Å². The highest BCUT2D eigenvalue weighted by atomic mass is 32.1. The molecule has 1 aromatic rings. The van der Waals surface area contributed by atoms with E-state index in [1.807, 2.05) is 6.92 Å². The zero-order chi connectivity index (χ0) is 15.0. The van der Waals surface area contributed by atoms with E-state index >= 15 is 0 Å². The second-order valence-electron chi connectivity index (χ2n) is 4.78. The van der Waals surface area contributed by atoms with Gasteiger partial charge >= 0.3 is 0 Å². The third-order valence-corrected chi connectivity index (χ3v) is 3.92. The van der Waals surface area contributed by atoms with E-state index in [1.54, 1.807) is 30.3 Å². The molecule has 112 valence electrons. The number of likely N-dealkylation sites (N-methyl/N-ethyl adjacent to an activating group) is 1. The Kier molecular flexibility index (Phi) is 7.08. The van der Waals surface area contributed by atoms with Gasteiger partial charge in [-0.25, -0.2) is 4.99 Å². The number of aliphatic imine (C=N–C) groups is 1. The Hall–Kier alpha value is -1.56. The number of hydrogen-bond acceptors (Lipinski definition) is 3. The Labute approximate surface area is 125 Å². The van der Waals surface area contributed by atoms with Crippen molar-refractivity contribution in [2.45, 2.75) is 19.8 Å².